The van der Waals surface area contributed by atoms with E-state index in [4.69, 9.17) is 17.3 Å². The van der Waals surface area contributed by atoms with Crippen molar-refractivity contribution >= 4 is 17.4 Å². The van der Waals surface area contributed by atoms with Gasteiger partial charge < -0.3 is 5.73 Å². The van der Waals surface area contributed by atoms with Crippen LogP contribution in [0.25, 0.3) is 0 Å². The highest BCUT2D eigenvalue weighted by Crippen LogP contribution is 2.15. The molecular formula is C11H15ClN2O. The van der Waals surface area contributed by atoms with Gasteiger partial charge in [-0.1, -0.05) is 11.6 Å². The number of hydrogen-bond donors (Lipinski definition) is 1. The SMILES string of the molecule is CC(N)CCC(=O)Cc1ccncc1Cl. The molecule has 1 atom stereocenters. The molecule has 0 amide bonds. The van der Waals surface area contributed by atoms with Crippen molar-refractivity contribution in [1.29, 1.82) is 0 Å². The van der Waals surface area contributed by atoms with E-state index in [9.17, 15) is 4.79 Å². The normalized spacial score (nSPS) is 12.5. The second kappa shape index (κ2) is 5.83. The van der Waals surface area contributed by atoms with Gasteiger partial charge >= 0.3 is 0 Å². The molecule has 1 rings (SSSR count). The quantitative estimate of drug-likeness (QED) is 0.835. The number of halogens is 1. The van der Waals surface area contributed by atoms with Gasteiger partial charge in [-0.05, 0) is 25.0 Å². The van der Waals surface area contributed by atoms with Crippen molar-refractivity contribution in [3.63, 3.8) is 0 Å². The average molecular weight is 227 g/mol. The van der Waals surface area contributed by atoms with Gasteiger partial charge in [0.25, 0.3) is 0 Å². The summed E-state index contributed by atoms with van der Waals surface area (Å²) in [7, 11) is 0. The Morgan fingerprint density at radius 3 is 3.00 bits per heavy atom. The molecule has 1 aromatic rings. The Balaban J connectivity index is 2.48. The third-order valence-electron chi connectivity index (χ3n) is 2.12. The number of Topliss-reactive ketones (excluding diaryl/α,β-unsaturated/α-hetero) is 1. The van der Waals surface area contributed by atoms with Crippen LogP contribution in [0.3, 0.4) is 0 Å². The smallest absolute Gasteiger partial charge is 0.137 e. The van der Waals surface area contributed by atoms with E-state index in [0.29, 0.717) is 17.9 Å². The van der Waals surface area contributed by atoms with Gasteiger partial charge in [0, 0.05) is 31.3 Å². The monoisotopic (exact) mass is 226 g/mol. The summed E-state index contributed by atoms with van der Waals surface area (Å²) in [5.41, 5.74) is 6.41. The summed E-state index contributed by atoms with van der Waals surface area (Å²) in [6.45, 7) is 1.90. The van der Waals surface area contributed by atoms with E-state index in [2.05, 4.69) is 4.98 Å². The lowest BCUT2D eigenvalue weighted by Crippen LogP contribution is -2.17. The molecule has 0 fully saturated rings. The number of carbonyl (C=O) groups is 1. The van der Waals surface area contributed by atoms with Crippen LogP contribution in [0.1, 0.15) is 25.3 Å². The van der Waals surface area contributed by atoms with E-state index >= 15 is 0 Å². The summed E-state index contributed by atoms with van der Waals surface area (Å²) in [5, 5.41) is 0.548. The predicted molar refractivity (Wildman–Crippen MR) is 60.8 cm³/mol. The molecule has 82 valence electrons. The van der Waals surface area contributed by atoms with E-state index in [-0.39, 0.29) is 11.8 Å². The minimum atomic E-state index is 0.0712. The zero-order valence-corrected chi connectivity index (χ0v) is 9.50. The number of carbonyl (C=O) groups excluding carboxylic acids is 1. The van der Waals surface area contributed by atoms with E-state index in [0.717, 1.165) is 12.0 Å². The Kier molecular flexibility index (Phi) is 4.72. The maximum atomic E-state index is 11.5. The van der Waals surface area contributed by atoms with Crippen molar-refractivity contribution in [2.45, 2.75) is 32.2 Å². The maximum absolute atomic E-state index is 11.5. The highest BCUT2D eigenvalue weighted by atomic mass is 35.5. The Hall–Kier alpha value is -0.930. The number of pyridine rings is 1. The number of aromatic nitrogens is 1. The molecule has 3 nitrogen and oxygen atoms in total. The molecule has 1 aromatic heterocycles. The van der Waals surface area contributed by atoms with Gasteiger partial charge in [-0.15, -0.1) is 0 Å². The topological polar surface area (TPSA) is 56.0 Å². The fraction of sp³-hybridized carbons (Fsp3) is 0.455. The molecule has 15 heavy (non-hydrogen) atoms. The van der Waals surface area contributed by atoms with Crippen molar-refractivity contribution in [3.8, 4) is 0 Å². The third kappa shape index (κ3) is 4.40. The van der Waals surface area contributed by atoms with Crippen molar-refractivity contribution in [2.24, 2.45) is 5.73 Å². The highest BCUT2D eigenvalue weighted by molar-refractivity contribution is 6.31. The predicted octanol–water partition coefficient (Wildman–Crippen LogP) is 1.97. The minimum Gasteiger partial charge on any atom is -0.328 e. The molecule has 1 heterocycles. The second-order valence-corrected chi connectivity index (χ2v) is 4.11. The molecule has 4 heteroatoms. The summed E-state index contributed by atoms with van der Waals surface area (Å²) < 4.78 is 0. The summed E-state index contributed by atoms with van der Waals surface area (Å²) in [6.07, 6.45) is 4.79. The van der Waals surface area contributed by atoms with Crippen molar-refractivity contribution < 1.29 is 4.79 Å². The lowest BCUT2D eigenvalue weighted by molar-refractivity contribution is -0.118. The zero-order chi connectivity index (χ0) is 11.3. The number of nitrogens with zero attached hydrogens (tertiary/aromatic N) is 1. The summed E-state index contributed by atoms with van der Waals surface area (Å²) >= 11 is 5.89. The fourth-order valence-corrected chi connectivity index (χ4v) is 1.42. The molecule has 2 N–H and O–H groups in total. The third-order valence-corrected chi connectivity index (χ3v) is 2.46. The number of rotatable bonds is 5. The van der Waals surface area contributed by atoms with E-state index in [1.165, 1.54) is 0 Å². The van der Waals surface area contributed by atoms with Crippen LogP contribution in [-0.2, 0) is 11.2 Å². The largest absolute Gasteiger partial charge is 0.328 e. The first-order valence-corrected chi connectivity index (χ1v) is 5.33. The number of nitrogens with two attached hydrogens (primary N) is 1. The van der Waals surface area contributed by atoms with Crippen molar-refractivity contribution in [2.75, 3.05) is 0 Å². The average Bonchev–Trinajstić information content (AvgIpc) is 2.18. The van der Waals surface area contributed by atoms with Gasteiger partial charge in [0.05, 0.1) is 5.02 Å². The van der Waals surface area contributed by atoms with E-state index in [1.54, 1.807) is 18.5 Å². The Bertz CT molecular complexity index is 339. The highest BCUT2D eigenvalue weighted by Gasteiger charge is 2.07. The van der Waals surface area contributed by atoms with Gasteiger partial charge in [-0.3, -0.25) is 9.78 Å². The van der Waals surface area contributed by atoms with Gasteiger partial charge in [-0.25, -0.2) is 0 Å². The van der Waals surface area contributed by atoms with Gasteiger partial charge in [0.15, 0.2) is 0 Å². The van der Waals surface area contributed by atoms with Crippen LogP contribution in [0.15, 0.2) is 18.5 Å². The fourth-order valence-electron chi connectivity index (χ4n) is 1.24. The second-order valence-electron chi connectivity index (χ2n) is 3.70. The molecule has 0 aliphatic heterocycles. The number of hydrogen-bond acceptors (Lipinski definition) is 3. The van der Waals surface area contributed by atoms with Gasteiger partial charge in [0.2, 0.25) is 0 Å². The summed E-state index contributed by atoms with van der Waals surface area (Å²) in [6, 6.07) is 1.84. The zero-order valence-electron chi connectivity index (χ0n) is 8.74. The van der Waals surface area contributed by atoms with Crippen LogP contribution in [-0.4, -0.2) is 16.8 Å². The molecule has 0 saturated carbocycles. The maximum Gasteiger partial charge on any atom is 0.137 e. The minimum absolute atomic E-state index is 0.0712. The van der Waals surface area contributed by atoms with Gasteiger partial charge in [-0.2, -0.15) is 0 Å². The molecular weight excluding hydrogens is 212 g/mol. The van der Waals surface area contributed by atoms with Crippen LogP contribution < -0.4 is 5.73 Å². The lowest BCUT2D eigenvalue weighted by atomic mass is 10.0. The Morgan fingerprint density at radius 2 is 2.40 bits per heavy atom. The van der Waals surface area contributed by atoms with Crippen LogP contribution in [0.4, 0.5) is 0 Å². The Morgan fingerprint density at radius 1 is 1.67 bits per heavy atom. The first-order valence-electron chi connectivity index (χ1n) is 4.95. The molecule has 0 aliphatic carbocycles. The Labute approximate surface area is 94.6 Å². The molecule has 0 radical (unpaired) electrons. The lowest BCUT2D eigenvalue weighted by Gasteiger charge is -2.05. The first-order chi connectivity index (χ1) is 7.09. The van der Waals surface area contributed by atoms with Gasteiger partial charge in [0.1, 0.15) is 5.78 Å². The van der Waals surface area contributed by atoms with E-state index < -0.39 is 0 Å². The molecule has 0 spiro atoms. The molecule has 0 aliphatic rings. The van der Waals surface area contributed by atoms with Crippen LogP contribution in [0, 0.1) is 0 Å². The van der Waals surface area contributed by atoms with E-state index in [1.807, 2.05) is 6.92 Å². The van der Waals surface area contributed by atoms with Crippen LogP contribution in [0.5, 0.6) is 0 Å². The molecule has 0 saturated heterocycles. The van der Waals surface area contributed by atoms with Crippen LogP contribution in [0.2, 0.25) is 5.02 Å². The number of ketones is 1. The summed E-state index contributed by atoms with van der Waals surface area (Å²) in [5.74, 6) is 0.167. The molecule has 0 aromatic carbocycles. The van der Waals surface area contributed by atoms with Crippen LogP contribution >= 0.6 is 11.6 Å². The molecule has 1 unspecified atom stereocenters. The first kappa shape index (κ1) is 12.1. The summed E-state index contributed by atoms with van der Waals surface area (Å²) in [4.78, 5) is 15.4. The van der Waals surface area contributed by atoms with Crippen molar-refractivity contribution in [3.05, 3.63) is 29.0 Å². The molecule has 0 bridgehead atoms. The van der Waals surface area contributed by atoms with Crippen molar-refractivity contribution in [1.82, 2.24) is 4.98 Å². The standard InChI is InChI=1S/C11H15ClN2O/c1-8(13)2-3-10(15)6-9-4-5-14-7-11(9)12/h4-5,7-8H,2-3,6,13H2,1H3.